The fourth-order valence-corrected chi connectivity index (χ4v) is 2.04. The minimum Gasteiger partial charge on any atom is -0.496 e. The molecule has 0 bridgehead atoms. The van der Waals surface area contributed by atoms with E-state index in [4.69, 9.17) is 4.74 Å². The summed E-state index contributed by atoms with van der Waals surface area (Å²) >= 11 is 0. The molecule has 5 heteroatoms. The van der Waals surface area contributed by atoms with Crippen molar-refractivity contribution < 1.29 is 9.13 Å². The molecule has 2 aromatic rings. The molecule has 106 valence electrons. The molecule has 0 amide bonds. The summed E-state index contributed by atoms with van der Waals surface area (Å²) in [7, 11) is 1.58. The van der Waals surface area contributed by atoms with Crippen molar-refractivity contribution in [1.29, 1.82) is 0 Å². The van der Waals surface area contributed by atoms with E-state index in [1.54, 1.807) is 7.11 Å². The van der Waals surface area contributed by atoms with E-state index in [0.717, 1.165) is 11.1 Å². The Hall–Kier alpha value is -2.17. The number of hydrogen-bond donors (Lipinski definition) is 1. The molecular weight excluding hydrogens is 257 g/mol. The molecule has 1 N–H and O–H groups in total. The van der Waals surface area contributed by atoms with Gasteiger partial charge in [-0.2, -0.15) is 0 Å². The molecular formula is C15H18FN3O. The van der Waals surface area contributed by atoms with Crippen molar-refractivity contribution in [3.63, 3.8) is 0 Å². The molecule has 4 nitrogen and oxygen atoms in total. The van der Waals surface area contributed by atoms with Crippen LogP contribution in [0.2, 0.25) is 0 Å². The number of nitrogens with zero attached hydrogens (tertiary/aromatic N) is 2. The first-order valence-corrected chi connectivity index (χ1v) is 6.49. The lowest BCUT2D eigenvalue weighted by Gasteiger charge is -2.14. The van der Waals surface area contributed by atoms with Gasteiger partial charge >= 0.3 is 0 Å². The Morgan fingerprint density at radius 3 is 2.70 bits per heavy atom. The highest BCUT2D eigenvalue weighted by molar-refractivity contribution is 5.71. The summed E-state index contributed by atoms with van der Waals surface area (Å²) in [6.45, 7) is 6.54. The summed E-state index contributed by atoms with van der Waals surface area (Å²) in [4.78, 5) is 8.15. The van der Waals surface area contributed by atoms with Gasteiger partial charge in [0.25, 0.3) is 0 Å². The molecule has 0 fully saturated rings. The normalized spacial score (nSPS) is 10.4. The summed E-state index contributed by atoms with van der Waals surface area (Å²) in [6.07, 6.45) is 1.18. The maximum Gasteiger partial charge on any atom is 0.223 e. The SMILES string of the molecule is CCNc1ncc(F)c(-c2ccc(C)c(C)c2OC)n1. The number of benzene rings is 1. The first-order valence-electron chi connectivity index (χ1n) is 6.49. The third-order valence-corrected chi connectivity index (χ3v) is 3.21. The van der Waals surface area contributed by atoms with Crippen molar-refractivity contribution in [2.75, 3.05) is 19.0 Å². The maximum atomic E-state index is 14.0. The van der Waals surface area contributed by atoms with Crippen LogP contribution < -0.4 is 10.1 Å². The van der Waals surface area contributed by atoms with Gasteiger partial charge < -0.3 is 10.1 Å². The molecule has 20 heavy (non-hydrogen) atoms. The van der Waals surface area contributed by atoms with Gasteiger partial charge in [-0.1, -0.05) is 6.07 Å². The number of rotatable bonds is 4. The molecule has 0 aliphatic carbocycles. The number of nitrogens with one attached hydrogen (secondary N) is 1. The molecule has 1 aromatic heterocycles. The second-order valence-electron chi connectivity index (χ2n) is 4.51. The Bertz CT molecular complexity index is 629. The van der Waals surface area contributed by atoms with Crippen molar-refractivity contribution in [3.05, 3.63) is 35.3 Å². The topological polar surface area (TPSA) is 47.0 Å². The van der Waals surface area contributed by atoms with Gasteiger partial charge in [0.05, 0.1) is 13.3 Å². The van der Waals surface area contributed by atoms with Crippen LogP contribution in [-0.4, -0.2) is 23.6 Å². The minimum atomic E-state index is -0.465. The highest BCUT2D eigenvalue weighted by Gasteiger charge is 2.16. The summed E-state index contributed by atoms with van der Waals surface area (Å²) in [5.41, 5.74) is 2.95. The molecule has 0 radical (unpaired) electrons. The molecule has 1 heterocycles. The minimum absolute atomic E-state index is 0.246. The Morgan fingerprint density at radius 2 is 2.05 bits per heavy atom. The monoisotopic (exact) mass is 275 g/mol. The van der Waals surface area contributed by atoms with Crippen LogP contribution in [0.3, 0.4) is 0 Å². The Morgan fingerprint density at radius 1 is 1.30 bits per heavy atom. The predicted molar refractivity (Wildman–Crippen MR) is 77.6 cm³/mol. The highest BCUT2D eigenvalue weighted by Crippen LogP contribution is 2.34. The number of halogens is 1. The van der Waals surface area contributed by atoms with Gasteiger partial charge in [-0.25, -0.2) is 14.4 Å². The van der Waals surface area contributed by atoms with Crippen LogP contribution in [0.4, 0.5) is 10.3 Å². The summed E-state index contributed by atoms with van der Waals surface area (Å²) in [6, 6.07) is 3.75. The van der Waals surface area contributed by atoms with Gasteiger partial charge in [-0.15, -0.1) is 0 Å². The molecule has 0 aliphatic heterocycles. The molecule has 0 aliphatic rings. The fraction of sp³-hybridized carbons (Fsp3) is 0.333. The molecule has 0 spiro atoms. The van der Waals surface area contributed by atoms with Crippen molar-refractivity contribution in [3.8, 4) is 17.0 Å². The van der Waals surface area contributed by atoms with E-state index in [0.29, 0.717) is 23.8 Å². The average Bonchev–Trinajstić information content (AvgIpc) is 2.44. The van der Waals surface area contributed by atoms with Crippen LogP contribution in [-0.2, 0) is 0 Å². The molecule has 2 rings (SSSR count). The van der Waals surface area contributed by atoms with Crippen LogP contribution in [0.5, 0.6) is 5.75 Å². The van der Waals surface area contributed by atoms with Crippen LogP contribution in [0.15, 0.2) is 18.3 Å². The first kappa shape index (κ1) is 14.2. The lowest BCUT2D eigenvalue weighted by molar-refractivity contribution is 0.412. The van der Waals surface area contributed by atoms with Crippen LogP contribution >= 0.6 is 0 Å². The number of aromatic nitrogens is 2. The second-order valence-corrected chi connectivity index (χ2v) is 4.51. The zero-order chi connectivity index (χ0) is 14.7. The van der Waals surface area contributed by atoms with E-state index in [1.165, 1.54) is 6.20 Å². The number of aryl methyl sites for hydroxylation is 1. The van der Waals surface area contributed by atoms with Gasteiger partial charge in [0.15, 0.2) is 5.82 Å². The van der Waals surface area contributed by atoms with Crippen LogP contribution in [0.1, 0.15) is 18.1 Å². The lowest BCUT2D eigenvalue weighted by atomic mass is 10.0. The standard InChI is InChI=1S/C15H18FN3O/c1-5-17-15-18-8-12(16)13(19-15)11-7-6-9(2)10(3)14(11)20-4/h6-8H,5H2,1-4H3,(H,17,18,19). The summed E-state index contributed by atoms with van der Waals surface area (Å²) in [5.74, 6) is 0.586. The average molecular weight is 275 g/mol. The Kier molecular flexibility index (Phi) is 4.17. The van der Waals surface area contributed by atoms with Crippen molar-refractivity contribution in [1.82, 2.24) is 9.97 Å². The van der Waals surface area contributed by atoms with Crippen LogP contribution in [0.25, 0.3) is 11.3 Å². The summed E-state index contributed by atoms with van der Waals surface area (Å²) in [5, 5.41) is 2.98. The third kappa shape index (κ3) is 2.57. The van der Waals surface area contributed by atoms with E-state index in [1.807, 2.05) is 32.9 Å². The largest absolute Gasteiger partial charge is 0.496 e. The maximum absolute atomic E-state index is 14.0. The van der Waals surface area contributed by atoms with Crippen molar-refractivity contribution in [2.24, 2.45) is 0 Å². The second kappa shape index (κ2) is 5.86. The zero-order valence-electron chi connectivity index (χ0n) is 12.1. The van der Waals surface area contributed by atoms with Crippen molar-refractivity contribution in [2.45, 2.75) is 20.8 Å². The van der Waals surface area contributed by atoms with Crippen molar-refractivity contribution >= 4 is 5.95 Å². The van der Waals surface area contributed by atoms with Gasteiger partial charge in [0, 0.05) is 12.1 Å². The van der Waals surface area contributed by atoms with Gasteiger partial charge in [0.1, 0.15) is 11.4 Å². The van der Waals surface area contributed by atoms with Gasteiger partial charge in [0.2, 0.25) is 5.95 Å². The number of hydrogen-bond acceptors (Lipinski definition) is 4. The quantitative estimate of drug-likeness (QED) is 0.929. The van der Waals surface area contributed by atoms with E-state index in [2.05, 4.69) is 15.3 Å². The fourth-order valence-electron chi connectivity index (χ4n) is 2.04. The summed E-state index contributed by atoms with van der Waals surface area (Å²) < 4.78 is 19.5. The zero-order valence-corrected chi connectivity index (χ0v) is 12.1. The molecule has 0 saturated carbocycles. The molecule has 1 aromatic carbocycles. The number of methoxy groups -OCH3 is 1. The number of anilines is 1. The smallest absolute Gasteiger partial charge is 0.223 e. The lowest BCUT2D eigenvalue weighted by Crippen LogP contribution is -2.05. The third-order valence-electron chi connectivity index (χ3n) is 3.21. The molecule has 0 atom stereocenters. The predicted octanol–water partition coefficient (Wildman–Crippen LogP) is 3.34. The van der Waals surface area contributed by atoms with Gasteiger partial charge in [-0.05, 0) is 38.0 Å². The molecule has 0 unspecified atom stereocenters. The highest BCUT2D eigenvalue weighted by atomic mass is 19.1. The molecule has 0 saturated heterocycles. The first-order chi connectivity index (χ1) is 9.58. The Balaban J connectivity index is 2.61. The van der Waals surface area contributed by atoms with E-state index < -0.39 is 5.82 Å². The van der Waals surface area contributed by atoms with Gasteiger partial charge in [-0.3, -0.25) is 0 Å². The number of ether oxygens (including phenoxy) is 1. The van der Waals surface area contributed by atoms with E-state index in [-0.39, 0.29) is 5.69 Å². The van der Waals surface area contributed by atoms with E-state index >= 15 is 0 Å². The van der Waals surface area contributed by atoms with E-state index in [9.17, 15) is 4.39 Å². The van der Waals surface area contributed by atoms with Crippen LogP contribution in [0, 0.1) is 19.7 Å². The Labute approximate surface area is 118 Å².